The summed E-state index contributed by atoms with van der Waals surface area (Å²) >= 11 is 0. The number of carbonyl (C=O) groups is 2. The van der Waals surface area contributed by atoms with Gasteiger partial charge in [0.1, 0.15) is 6.61 Å². The summed E-state index contributed by atoms with van der Waals surface area (Å²) in [5.74, 6) is -0.513. The number of anilines is 1. The number of nitrogens with one attached hydrogen (secondary N) is 1. The van der Waals surface area contributed by atoms with Gasteiger partial charge in [-0.05, 0) is 47.9 Å². The molecule has 2 amide bonds. The van der Waals surface area contributed by atoms with E-state index in [1.807, 2.05) is 30.3 Å². The van der Waals surface area contributed by atoms with Crippen molar-refractivity contribution in [3.63, 3.8) is 0 Å². The molecule has 0 aromatic heterocycles. The molecule has 184 valence electrons. The van der Waals surface area contributed by atoms with Crippen LogP contribution in [-0.4, -0.2) is 42.9 Å². The first kappa shape index (κ1) is 24.6. The Hall–Kier alpha value is -4.51. The maximum Gasteiger partial charge on any atom is 0.417 e. The van der Waals surface area contributed by atoms with Crippen molar-refractivity contribution >= 4 is 39.5 Å². The molecule has 1 atom stereocenters. The fourth-order valence-corrected chi connectivity index (χ4v) is 4.70. The van der Waals surface area contributed by atoms with Crippen molar-refractivity contribution in [2.75, 3.05) is 11.3 Å². The number of hydrogen-bond donors (Lipinski definition) is 1. The van der Waals surface area contributed by atoms with E-state index in [2.05, 4.69) is 4.72 Å². The maximum absolute atomic E-state index is 12.7. The van der Waals surface area contributed by atoms with E-state index in [1.54, 1.807) is 12.1 Å². The van der Waals surface area contributed by atoms with Crippen LogP contribution in [0.1, 0.15) is 11.1 Å². The van der Waals surface area contributed by atoms with Crippen molar-refractivity contribution in [3.05, 3.63) is 106 Å². The third-order valence-corrected chi connectivity index (χ3v) is 6.85. The van der Waals surface area contributed by atoms with Crippen molar-refractivity contribution < 1.29 is 27.7 Å². The highest BCUT2D eigenvalue weighted by atomic mass is 32.2. The van der Waals surface area contributed by atoms with Crippen LogP contribution >= 0.6 is 0 Å². The van der Waals surface area contributed by atoms with E-state index >= 15 is 0 Å². The zero-order chi connectivity index (χ0) is 25.7. The normalized spacial score (nSPS) is 15.6. The lowest BCUT2D eigenvalue weighted by molar-refractivity contribution is -0.384. The molecule has 3 aromatic rings. The van der Waals surface area contributed by atoms with Gasteiger partial charge in [0.15, 0.2) is 0 Å². The van der Waals surface area contributed by atoms with Gasteiger partial charge in [0, 0.05) is 23.9 Å². The average molecular weight is 508 g/mol. The number of hydrogen-bond acceptors (Lipinski definition) is 7. The molecule has 0 aliphatic carbocycles. The quantitative estimate of drug-likeness (QED) is 0.276. The first-order valence-electron chi connectivity index (χ1n) is 10.8. The molecule has 1 aliphatic rings. The van der Waals surface area contributed by atoms with Gasteiger partial charge in [-0.1, -0.05) is 42.5 Å². The average Bonchev–Trinajstić information content (AvgIpc) is 3.23. The molecule has 1 heterocycles. The van der Waals surface area contributed by atoms with Crippen molar-refractivity contribution in [2.24, 2.45) is 0 Å². The molecule has 0 saturated carbocycles. The molecular weight excluding hydrogens is 486 g/mol. The summed E-state index contributed by atoms with van der Waals surface area (Å²) in [7, 11) is -3.95. The standard InChI is InChI=1S/C25H21N3O7S/c29-24(27-22(17-35-25(27)30)16-19-4-2-1-3-5-19)15-8-18-6-9-20(10-7-18)26-36(33,34)23-13-11-21(12-14-23)28(31)32/h1-15,22,26H,16-17H2/b15-8+/t22-/m0/s1. The Balaban J connectivity index is 1.40. The second kappa shape index (κ2) is 10.4. The number of ether oxygens (including phenoxy) is 1. The molecule has 0 unspecified atom stereocenters. The molecule has 3 aromatic carbocycles. The van der Waals surface area contributed by atoms with Crippen LogP contribution in [0.4, 0.5) is 16.2 Å². The highest BCUT2D eigenvalue weighted by molar-refractivity contribution is 7.92. The highest BCUT2D eigenvalue weighted by Crippen LogP contribution is 2.21. The third kappa shape index (κ3) is 5.76. The molecule has 1 N–H and O–H groups in total. The molecule has 4 rings (SSSR count). The summed E-state index contributed by atoms with van der Waals surface area (Å²) in [5, 5.41) is 10.7. The minimum absolute atomic E-state index is 0.120. The van der Waals surface area contributed by atoms with Crippen LogP contribution in [0.5, 0.6) is 0 Å². The van der Waals surface area contributed by atoms with Gasteiger partial charge in [-0.25, -0.2) is 18.1 Å². The number of benzene rings is 3. The van der Waals surface area contributed by atoms with Gasteiger partial charge in [0.25, 0.3) is 21.6 Å². The number of nitro benzene ring substituents is 1. The molecule has 0 radical (unpaired) electrons. The predicted molar refractivity (Wildman–Crippen MR) is 132 cm³/mol. The second-order valence-corrected chi connectivity index (χ2v) is 9.62. The number of cyclic esters (lactones) is 1. The highest BCUT2D eigenvalue weighted by Gasteiger charge is 2.36. The van der Waals surface area contributed by atoms with E-state index in [1.165, 1.54) is 24.3 Å². The number of rotatable bonds is 8. The van der Waals surface area contributed by atoms with Gasteiger partial charge in [-0.3, -0.25) is 19.6 Å². The van der Waals surface area contributed by atoms with E-state index in [9.17, 15) is 28.1 Å². The number of amides is 2. The Morgan fingerprint density at radius 3 is 2.36 bits per heavy atom. The van der Waals surface area contributed by atoms with Crippen molar-refractivity contribution in [1.82, 2.24) is 4.90 Å². The number of imide groups is 1. The summed E-state index contributed by atoms with van der Waals surface area (Å²) in [6.45, 7) is 0.122. The SMILES string of the molecule is O=C(/C=C/c1ccc(NS(=O)(=O)c2ccc([N+](=O)[O-])cc2)cc1)N1C(=O)OC[C@@H]1Cc1ccccc1. The Bertz CT molecular complexity index is 1400. The molecular formula is C25H21N3O7S. The summed E-state index contributed by atoms with van der Waals surface area (Å²) < 4.78 is 32.5. The van der Waals surface area contributed by atoms with E-state index in [0.717, 1.165) is 34.7 Å². The van der Waals surface area contributed by atoms with Gasteiger partial charge < -0.3 is 4.74 Å². The van der Waals surface area contributed by atoms with E-state index in [-0.39, 0.29) is 22.9 Å². The fourth-order valence-electron chi connectivity index (χ4n) is 3.64. The smallest absolute Gasteiger partial charge is 0.417 e. The van der Waals surface area contributed by atoms with Gasteiger partial charge in [0.2, 0.25) is 0 Å². The number of carbonyl (C=O) groups excluding carboxylic acids is 2. The first-order valence-corrected chi connectivity index (χ1v) is 12.3. The Morgan fingerprint density at radius 1 is 1.06 bits per heavy atom. The summed E-state index contributed by atoms with van der Waals surface area (Å²) in [6.07, 6.45) is 2.57. The molecule has 1 aliphatic heterocycles. The van der Waals surface area contributed by atoms with Gasteiger partial charge in [-0.2, -0.15) is 0 Å². The van der Waals surface area contributed by atoms with Crippen LogP contribution in [0.3, 0.4) is 0 Å². The molecule has 36 heavy (non-hydrogen) atoms. The van der Waals surface area contributed by atoms with E-state index < -0.39 is 33.0 Å². The van der Waals surface area contributed by atoms with Crippen LogP contribution in [-0.2, 0) is 26.0 Å². The number of nitro groups is 1. The van der Waals surface area contributed by atoms with Crippen LogP contribution in [0, 0.1) is 10.1 Å². The summed E-state index contributed by atoms with van der Waals surface area (Å²) in [4.78, 5) is 35.9. The van der Waals surface area contributed by atoms with Crippen LogP contribution in [0.2, 0.25) is 0 Å². The van der Waals surface area contributed by atoms with Crippen LogP contribution in [0.15, 0.2) is 89.8 Å². The molecule has 0 bridgehead atoms. The Labute approximate surface area is 207 Å². The number of nitrogens with zero attached hydrogens (tertiary/aromatic N) is 2. The zero-order valence-corrected chi connectivity index (χ0v) is 19.6. The maximum atomic E-state index is 12.7. The van der Waals surface area contributed by atoms with E-state index in [0.29, 0.717) is 12.0 Å². The number of non-ortho nitro benzene ring substituents is 1. The molecule has 11 heteroatoms. The van der Waals surface area contributed by atoms with Crippen molar-refractivity contribution in [2.45, 2.75) is 17.4 Å². The number of sulfonamides is 1. The largest absolute Gasteiger partial charge is 0.447 e. The molecule has 10 nitrogen and oxygen atoms in total. The lowest BCUT2D eigenvalue weighted by Crippen LogP contribution is -2.39. The minimum atomic E-state index is -3.95. The van der Waals surface area contributed by atoms with Crippen molar-refractivity contribution in [3.8, 4) is 0 Å². The molecule has 1 saturated heterocycles. The van der Waals surface area contributed by atoms with Gasteiger partial charge in [-0.15, -0.1) is 0 Å². The summed E-state index contributed by atoms with van der Waals surface area (Å²) in [5.41, 5.74) is 1.64. The minimum Gasteiger partial charge on any atom is -0.447 e. The Morgan fingerprint density at radius 2 is 1.72 bits per heavy atom. The lowest BCUT2D eigenvalue weighted by atomic mass is 10.1. The lowest BCUT2D eigenvalue weighted by Gasteiger charge is -2.18. The molecule has 1 fully saturated rings. The predicted octanol–water partition coefficient (Wildman–Crippen LogP) is 4.00. The van der Waals surface area contributed by atoms with Crippen molar-refractivity contribution in [1.29, 1.82) is 0 Å². The Kier molecular flexibility index (Phi) is 7.11. The molecule has 0 spiro atoms. The second-order valence-electron chi connectivity index (χ2n) is 7.94. The zero-order valence-electron chi connectivity index (χ0n) is 18.8. The first-order chi connectivity index (χ1) is 17.2. The van der Waals surface area contributed by atoms with Crippen LogP contribution in [0.25, 0.3) is 6.08 Å². The third-order valence-electron chi connectivity index (χ3n) is 5.45. The fraction of sp³-hybridized carbons (Fsp3) is 0.120. The van der Waals surface area contributed by atoms with Crippen LogP contribution < -0.4 is 4.72 Å². The topological polar surface area (TPSA) is 136 Å². The summed E-state index contributed by atoms with van der Waals surface area (Å²) in [6, 6.07) is 19.8. The van der Waals surface area contributed by atoms with E-state index in [4.69, 9.17) is 4.74 Å². The van der Waals surface area contributed by atoms with Gasteiger partial charge >= 0.3 is 6.09 Å². The monoisotopic (exact) mass is 507 g/mol. The van der Waals surface area contributed by atoms with Gasteiger partial charge in [0.05, 0.1) is 15.9 Å².